The SMILES string of the molecule is Cc1oc(-c2ccco2)nc1CC(=O)N1CCC(OC2CCCC2)CC1. The highest BCUT2D eigenvalue weighted by Gasteiger charge is 2.27. The molecule has 1 amide bonds. The van der Waals surface area contributed by atoms with E-state index in [1.54, 1.807) is 18.4 Å². The molecule has 0 spiro atoms. The van der Waals surface area contributed by atoms with Gasteiger partial charge in [-0.2, -0.15) is 0 Å². The number of nitrogens with zero attached hydrogens (tertiary/aromatic N) is 2. The van der Waals surface area contributed by atoms with Gasteiger partial charge in [0.25, 0.3) is 5.89 Å². The van der Waals surface area contributed by atoms with E-state index in [0.29, 0.717) is 35.3 Å². The maximum atomic E-state index is 12.6. The molecule has 0 unspecified atom stereocenters. The van der Waals surface area contributed by atoms with Crippen molar-refractivity contribution >= 4 is 5.91 Å². The summed E-state index contributed by atoms with van der Waals surface area (Å²) in [4.78, 5) is 19.0. The average Bonchev–Trinajstić information content (AvgIpc) is 3.39. The van der Waals surface area contributed by atoms with Gasteiger partial charge in [-0.05, 0) is 44.7 Å². The number of ether oxygens (including phenoxy) is 1. The van der Waals surface area contributed by atoms with Crippen LogP contribution in [0.5, 0.6) is 0 Å². The number of hydrogen-bond acceptors (Lipinski definition) is 5. The molecule has 0 radical (unpaired) electrons. The largest absolute Gasteiger partial charge is 0.459 e. The van der Waals surface area contributed by atoms with E-state index in [4.69, 9.17) is 13.6 Å². The Balaban J connectivity index is 1.30. The number of carbonyl (C=O) groups is 1. The molecule has 1 aliphatic heterocycles. The molecular weight excluding hydrogens is 332 g/mol. The number of hydrogen-bond donors (Lipinski definition) is 0. The van der Waals surface area contributed by atoms with Crippen molar-refractivity contribution in [2.75, 3.05) is 13.1 Å². The van der Waals surface area contributed by atoms with E-state index in [9.17, 15) is 4.79 Å². The smallest absolute Gasteiger partial charge is 0.263 e. The zero-order valence-corrected chi connectivity index (χ0v) is 15.3. The second-order valence-electron chi connectivity index (χ2n) is 7.30. The minimum absolute atomic E-state index is 0.103. The van der Waals surface area contributed by atoms with Gasteiger partial charge >= 0.3 is 0 Å². The van der Waals surface area contributed by atoms with E-state index >= 15 is 0 Å². The standard InChI is InChI=1S/C20H26N2O4/c1-14-17(21-20(25-14)18-7-4-12-24-18)13-19(23)22-10-8-16(9-11-22)26-15-5-2-3-6-15/h4,7,12,15-16H,2-3,5-6,8-11,13H2,1H3. The molecule has 6 nitrogen and oxygen atoms in total. The minimum atomic E-state index is 0.103. The van der Waals surface area contributed by atoms with Crippen molar-refractivity contribution in [2.45, 2.75) is 64.1 Å². The first-order chi connectivity index (χ1) is 12.7. The highest BCUT2D eigenvalue weighted by Crippen LogP contribution is 2.26. The van der Waals surface area contributed by atoms with Gasteiger partial charge in [0.05, 0.1) is 30.6 Å². The molecule has 2 aromatic heterocycles. The molecule has 1 aliphatic carbocycles. The van der Waals surface area contributed by atoms with Crippen LogP contribution in [0.15, 0.2) is 27.2 Å². The highest BCUT2D eigenvalue weighted by molar-refractivity contribution is 5.78. The lowest BCUT2D eigenvalue weighted by Crippen LogP contribution is -2.42. The van der Waals surface area contributed by atoms with Crippen molar-refractivity contribution in [3.8, 4) is 11.7 Å². The number of aryl methyl sites for hydroxylation is 1. The number of aromatic nitrogens is 1. The normalized spacial score (nSPS) is 19.3. The molecule has 6 heteroatoms. The first kappa shape index (κ1) is 17.3. The van der Waals surface area contributed by atoms with Gasteiger partial charge in [-0.3, -0.25) is 4.79 Å². The third kappa shape index (κ3) is 3.85. The van der Waals surface area contributed by atoms with Crippen LogP contribution in [0.3, 0.4) is 0 Å². The van der Waals surface area contributed by atoms with Crippen LogP contribution in [-0.2, 0) is 16.0 Å². The number of furan rings is 1. The van der Waals surface area contributed by atoms with E-state index in [1.807, 2.05) is 11.8 Å². The molecule has 140 valence electrons. The third-order valence-electron chi connectivity index (χ3n) is 5.43. The highest BCUT2D eigenvalue weighted by atomic mass is 16.5. The van der Waals surface area contributed by atoms with Gasteiger partial charge < -0.3 is 18.5 Å². The molecule has 2 aliphatic rings. The summed E-state index contributed by atoms with van der Waals surface area (Å²) < 4.78 is 17.1. The molecule has 1 saturated heterocycles. The number of oxazole rings is 1. The molecule has 4 rings (SSSR count). The maximum Gasteiger partial charge on any atom is 0.263 e. The maximum absolute atomic E-state index is 12.6. The zero-order chi connectivity index (χ0) is 17.9. The molecule has 0 bridgehead atoms. The summed E-state index contributed by atoms with van der Waals surface area (Å²) >= 11 is 0. The Morgan fingerprint density at radius 3 is 2.65 bits per heavy atom. The number of carbonyl (C=O) groups excluding carboxylic acids is 1. The lowest BCUT2D eigenvalue weighted by molar-refractivity contribution is -0.134. The zero-order valence-electron chi connectivity index (χ0n) is 15.3. The Kier molecular flexibility index (Phi) is 5.11. The number of likely N-dealkylation sites (tertiary alicyclic amines) is 1. The van der Waals surface area contributed by atoms with Crippen LogP contribution in [-0.4, -0.2) is 41.1 Å². The fraction of sp³-hybridized carbons (Fsp3) is 0.600. The van der Waals surface area contributed by atoms with Gasteiger partial charge in [-0.25, -0.2) is 4.98 Å². The Hall–Kier alpha value is -2.08. The van der Waals surface area contributed by atoms with Crippen LogP contribution in [0, 0.1) is 6.92 Å². The summed E-state index contributed by atoms with van der Waals surface area (Å²) in [6, 6.07) is 3.59. The monoisotopic (exact) mass is 358 g/mol. The van der Waals surface area contributed by atoms with Crippen LogP contribution in [0.2, 0.25) is 0 Å². The predicted octanol–water partition coefficient (Wildman–Crippen LogP) is 3.74. The Labute approximate surface area is 153 Å². The summed E-state index contributed by atoms with van der Waals surface area (Å²) in [5.41, 5.74) is 0.686. The van der Waals surface area contributed by atoms with E-state index < -0.39 is 0 Å². The van der Waals surface area contributed by atoms with Crippen molar-refractivity contribution in [1.82, 2.24) is 9.88 Å². The van der Waals surface area contributed by atoms with Gasteiger partial charge in [-0.1, -0.05) is 12.8 Å². The minimum Gasteiger partial charge on any atom is -0.459 e. The molecule has 0 N–H and O–H groups in total. The van der Waals surface area contributed by atoms with Crippen LogP contribution < -0.4 is 0 Å². The first-order valence-electron chi connectivity index (χ1n) is 9.62. The average molecular weight is 358 g/mol. The molecule has 0 atom stereocenters. The van der Waals surface area contributed by atoms with E-state index in [2.05, 4.69) is 4.98 Å². The lowest BCUT2D eigenvalue weighted by Gasteiger charge is -2.33. The molecule has 3 heterocycles. The van der Waals surface area contributed by atoms with Crippen molar-refractivity contribution in [3.63, 3.8) is 0 Å². The van der Waals surface area contributed by atoms with Gasteiger partial charge in [0.15, 0.2) is 5.76 Å². The Morgan fingerprint density at radius 1 is 1.23 bits per heavy atom. The van der Waals surface area contributed by atoms with Crippen LogP contribution in [0.4, 0.5) is 0 Å². The molecule has 26 heavy (non-hydrogen) atoms. The second-order valence-corrected chi connectivity index (χ2v) is 7.30. The summed E-state index contributed by atoms with van der Waals surface area (Å²) in [6.07, 6.45) is 9.43. The van der Waals surface area contributed by atoms with Crippen LogP contribution >= 0.6 is 0 Å². The lowest BCUT2D eigenvalue weighted by atomic mass is 10.1. The third-order valence-corrected chi connectivity index (χ3v) is 5.43. The first-order valence-corrected chi connectivity index (χ1v) is 9.62. The van der Waals surface area contributed by atoms with Crippen molar-refractivity contribution in [2.24, 2.45) is 0 Å². The van der Waals surface area contributed by atoms with E-state index in [-0.39, 0.29) is 12.3 Å². The molecule has 2 fully saturated rings. The Bertz CT molecular complexity index is 723. The van der Waals surface area contributed by atoms with Gasteiger partial charge in [0.2, 0.25) is 5.91 Å². The fourth-order valence-electron chi connectivity index (χ4n) is 3.89. The van der Waals surface area contributed by atoms with Crippen LogP contribution in [0.25, 0.3) is 11.7 Å². The van der Waals surface area contributed by atoms with E-state index in [1.165, 1.54) is 25.7 Å². The fourth-order valence-corrected chi connectivity index (χ4v) is 3.89. The van der Waals surface area contributed by atoms with Gasteiger partial charge in [-0.15, -0.1) is 0 Å². The second kappa shape index (κ2) is 7.66. The van der Waals surface area contributed by atoms with Gasteiger partial charge in [0, 0.05) is 13.1 Å². The quantitative estimate of drug-likeness (QED) is 0.814. The summed E-state index contributed by atoms with van der Waals surface area (Å²) in [6.45, 7) is 3.36. The van der Waals surface area contributed by atoms with Crippen LogP contribution in [0.1, 0.15) is 50.0 Å². The molecular formula is C20H26N2O4. The summed E-state index contributed by atoms with van der Waals surface area (Å²) in [5, 5.41) is 0. The number of rotatable bonds is 5. The van der Waals surface area contributed by atoms with Crippen molar-refractivity contribution in [1.29, 1.82) is 0 Å². The summed E-state index contributed by atoms with van der Waals surface area (Å²) in [7, 11) is 0. The number of amides is 1. The van der Waals surface area contributed by atoms with Crippen molar-refractivity contribution in [3.05, 3.63) is 29.9 Å². The topological polar surface area (TPSA) is 68.7 Å². The summed E-state index contributed by atoms with van der Waals surface area (Å²) in [5.74, 6) is 1.78. The predicted molar refractivity (Wildman–Crippen MR) is 95.6 cm³/mol. The molecule has 0 aromatic carbocycles. The number of piperidine rings is 1. The Morgan fingerprint density at radius 2 is 1.96 bits per heavy atom. The molecule has 2 aromatic rings. The van der Waals surface area contributed by atoms with E-state index in [0.717, 1.165) is 25.9 Å². The van der Waals surface area contributed by atoms with Gasteiger partial charge in [0.1, 0.15) is 5.76 Å². The molecule has 1 saturated carbocycles. The van der Waals surface area contributed by atoms with Crippen molar-refractivity contribution < 1.29 is 18.4 Å².